The zero-order chi connectivity index (χ0) is 10.1. The Morgan fingerprint density at radius 1 is 1.50 bits per heavy atom. The van der Waals surface area contributed by atoms with Crippen molar-refractivity contribution < 1.29 is 9.66 Å². The standard InChI is InChI=1S/C9H8ClNO3/c10-7-5-9-6(2-1-3-14-9)4-8(7)11(12)13/h4-5H,1-3H2. The molecule has 14 heavy (non-hydrogen) atoms. The molecule has 5 heteroatoms. The number of benzene rings is 1. The van der Waals surface area contributed by atoms with Gasteiger partial charge in [0.2, 0.25) is 0 Å². The van der Waals surface area contributed by atoms with Crippen molar-refractivity contribution in [3.05, 3.63) is 32.8 Å². The first kappa shape index (κ1) is 9.27. The van der Waals surface area contributed by atoms with Crippen LogP contribution in [0, 0.1) is 10.1 Å². The number of halogens is 1. The quantitative estimate of drug-likeness (QED) is 0.532. The Morgan fingerprint density at radius 2 is 2.29 bits per heavy atom. The Kier molecular flexibility index (Phi) is 2.29. The normalized spacial score (nSPS) is 14.4. The van der Waals surface area contributed by atoms with Crippen molar-refractivity contribution in [3.8, 4) is 5.75 Å². The number of nitro groups is 1. The lowest BCUT2D eigenvalue weighted by molar-refractivity contribution is -0.384. The van der Waals surface area contributed by atoms with Gasteiger partial charge in [-0.1, -0.05) is 11.6 Å². The summed E-state index contributed by atoms with van der Waals surface area (Å²) in [6, 6.07) is 3.02. The second-order valence-corrected chi connectivity index (χ2v) is 3.53. The molecule has 1 aromatic carbocycles. The Hall–Kier alpha value is -1.29. The minimum absolute atomic E-state index is 0.0454. The maximum atomic E-state index is 10.6. The van der Waals surface area contributed by atoms with Gasteiger partial charge in [-0.25, -0.2) is 0 Å². The fourth-order valence-corrected chi connectivity index (χ4v) is 1.72. The molecule has 0 N–H and O–H groups in total. The van der Waals surface area contributed by atoms with Gasteiger partial charge in [0.05, 0.1) is 11.5 Å². The van der Waals surface area contributed by atoms with E-state index in [1.807, 2.05) is 0 Å². The summed E-state index contributed by atoms with van der Waals surface area (Å²) in [7, 11) is 0. The zero-order valence-electron chi connectivity index (χ0n) is 7.33. The highest BCUT2D eigenvalue weighted by Crippen LogP contribution is 2.34. The molecule has 74 valence electrons. The number of rotatable bonds is 1. The van der Waals surface area contributed by atoms with Crippen molar-refractivity contribution in [2.45, 2.75) is 12.8 Å². The fraction of sp³-hybridized carbons (Fsp3) is 0.333. The lowest BCUT2D eigenvalue weighted by Crippen LogP contribution is -2.08. The molecule has 0 saturated carbocycles. The Balaban J connectivity index is 2.50. The Morgan fingerprint density at radius 3 is 3.00 bits per heavy atom. The number of nitrogens with zero attached hydrogens (tertiary/aromatic N) is 1. The third kappa shape index (κ3) is 1.53. The van der Waals surface area contributed by atoms with Gasteiger partial charge in [-0.2, -0.15) is 0 Å². The van der Waals surface area contributed by atoms with E-state index >= 15 is 0 Å². The van der Waals surface area contributed by atoms with Crippen molar-refractivity contribution in [1.82, 2.24) is 0 Å². The predicted molar refractivity (Wildman–Crippen MR) is 51.9 cm³/mol. The summed E-state index contributed by atoms with van der Waals surface area (Å²) in [5, 5.41) is 10.7. The molecule has 4 nitrogen and oxygen atoms in total. The predicted octanol–water partition coefficient (Wildman–Crippen LogP) is 2.57. The second kappa shape index (κ2) is 3.46. The van der Waals surface area contributed by atoms with E-state index in [-0.39, 0.29) is 10.7 Å². The van der Waals surface area contributed by atoms with E-state index in [0.29, 0.717) is 12.4 Å². The number of fused-ring (bicyclic) bond motifs is 1. The van der Waals surface area contributed by atoms with Crippen LogP contribution in [0.2, 0.25) is 5.02 Å². The van der Waals surface area contributed by atoms with Crippen molar-refractivity contribution in [3.63, 3.8) is 0 Å². The van der Waals surface area contributed by atoms with Gasteiger partial charge < -0.3 is 4.74 Å². The van der Waals surface area contributed by atoms with Gasteiger partial charge in [0.25, 0.3) is 5.69 Å². The third-order valence-electron chi connectivity index (χ3n) is 2.17. The molecule has 1 aliphatic rings. The van der Waals surface area contributed by atoms with Crippen LogP contribution < -0.4 is 4.74 Å². The number of ether oxygens (including phenoxy) is 1. The number of aryl methyl sites for hydroxylation is 1. The minimum atomic E-state index is -0.475. The number of hydrogen-bond donors (Lipinski definition) is 0. The molecule has 2 rings (SSSR count). The average Bonchev–Trinajstić information content (AvgIpc) is 2.16. The molecule has 1 aromatic rings. The maximum Gasteiger partial charge on any atom is 0.288 e. The molecule has 0 unspecified atom stereocenters. The Bertz CT molecular complexity index is 392. The largest absolute Gasteiger partial charge is 0.493 e. The molecule has 0 amide bonds. The fourth-order valence-electron chi connectivity index (χ4n) is 1.50. The molecule has 1 aliphatic heterocycles. The smallest absolute Gasteiger partial charge is 0.288 e. The monoisotopic (exact) mass is 213 g/mol. The van der Waals surface area contributed by atoms with Crippen LogP contribution in [0.15, 0.2) is 12.1 Å². The summed E-state index contributed by atoms with van der Waals surface area (Å²) >= 11 is 5.73. The van der Waals surface area contributed by atoms with Crippen LogP contribution in [-0.4, -0.2) is 11.5 Å². The first-order valence-corrected chi connectivity index (χ1v) is 4.66. The average molecular weight is 214 g/mol. The van der Waals surface area contributed by atoms with Gasteiger partial charge in [0, 0.05) is 17.7 Å². The van der Waals surface area contributed by atoms with E-state index in [9.17, 15) is 10.1 Å². The molecule has 1 heterocycles. The van der Waals surface area contributed by atoms with Gasteiger partial charge >= 0.3 is 0 Å². The van der Waals surface area contributed by atoms with Crippen LogP contribution in [0.25, 0.3) is 0 Å². The maximum absolute atomic E-state index is 10.6. The van der Waals surface area contributed by atoms with Crippen molar-refractivity contribution in [1.29, 1.82) is 0 Å². The first-order valence-electron chi connectivity index (χ1n) is 4.28. The van der Waals surface area contributed by atoms with Gasteiger partial charge in [-0.3, -0.25) is 10.1 Å². The number of hydrogen-bond acceptors (Lipinski definition) is 3. The summed E-state index contributed by atoms with van der Waals surface area (Å²) in [6.45, 7) is 0.654. The van der Waals surface area contributed by atoms with Gasteiger partial charge in [-0.05, 0) is 12.8 Å². The van der Waals surface area contributed by atoms with Crippen molar-refractivity contribution in [2.75, 3.05) is 6.61 Å². The summed E-state index contributed by atoms with van der Waals surface area (Å²) in [5.74, 6) is 0.673. The van der Waals surface area contributed by atoms with Crippen LogP contribution in [0.5, 0.6) is 5.75 Å². The van der Waals surface area contributed by atoms with Gasteiger partial charge in [-0.15, -0.1) is 0 Å². The summed E-state index contributed by atoms with van der Waals surface area (Å²) in [6.07, 6.45) is 1.71. The molecule has 0 fully saturated rings. The van der Waals surface area contributed by atoms with E-state index in [2.05, 4.69) is 0 Å². The molecule has 0 radical (unpaired) electrons. The number of nitro benzene ring substituents is 1. The van der Waals surface area contributed by atoms with Crippen molar-refractivity contribution in [2.24, 2.45) is 0 Å². The highest BCUT2D eigenvalue weighted by Gasteiger charge is 2.19. The van der Waals surface area contributed by atoms with Crippen LogP contribution in [0.1, 0.15) is 12.0 Å². The molecule has 0 spiro atoms. The first-order chi connectivity index (χ1) is 6.68. The summed E-state index contributed by atoms with van der Waals surface area (Å²) < 4.78 is 5.33. The molecule has 0 aromatic heterocycles. The van der Waals surface area contributed by atoms with E-state index in [1.165, 1.54) is 12.1 Å². The topological polar surface area (TPSA) is 52.4 Å². The summed E-state index contributed by atoms with van der Waals surface area (Å²) in [5.41, 5.74) is 0.822. The molecular weight excluding hydrogens is 206 g/mol. The van der Waals surface area contributed by atoms with Crippen LogP contribution >= 0.6 is 11.6 Å². The van der Waals surface area contributed by atoms with Crippen LogP contribution in [0.3, 0.4) is 0 Å². The Labute approximate surface area is 85.6 Å². The van der Waals surface area contributed by atoms with E-state index in [0.717, 1.165) is 18.4 Å². The lowest BCUT2D eigenvalue weighted by Gasteiger charge is -2.16. The molecule has 0 saturated heterocycles. The zero-order valence-corrected chi connectivity index (χ0v) is 8.08. The van der Waals surface area contributed by atoms with E-state index in [1.54, 1.807) is 0 Å². The highest BCUT2D eigenvalue weighted by atomic mass is 35.5. The SMILES string of the molecule is O=[N+]([O-])c1cc2c(cc1Cl)OCCC2. The molecule has 0 atom stereocenters. The van der Waals surface area contributed by atoms with Gasteiger partial charge in [0.1, 0.15) is 10.8 Å². The molecular formula is C9H8ClNO3. The van der Waals surface area contributed by atoms with E-state index < -0.39 is 4.92 Å². The van der Waals surface area contributed by atoms with Crippen LogP contribution in [0.4, 0.5) is 5.69 Å². The summed E-state index contributed by atoms with van der Waals surface area (Å²) in [4.78, 5) is 10.1. The minimum Gasteiger partial charge on any atom is -0.493 e. The second-order valence-electron chi connectivity index (χ2n) is 3.12. The highest BCUT2D eigenvalue weighted by molar-refractivity contribution is 6.32. The van der Waals surface area contributed by atoms with Gasteiger partial charge in [0.15, 0.2) is 0 Å². The molecule has 0 bridgehead atoms. The lowest BCUT2D eigenvalue weighted by atomic mass is 10.1. The van der Waals surface area contributed by atoms with E-state index in [4.69, 9.17) is 16.3 Å². The van der Waals surface area contributed by atoms with Crippen molar-refractivity contribution >= 4 is 17.3 Å². The van der Waals surface area contributed by atoms with Crippen LogP contribution in [-0.2, 0) is 6.42 Å². The molecule has 0 aliphatic carbocycles. The third-order valence-corrected chi connectivity index (χ3v) is 2.48.